The van der Waals surface area contributed by atoms with Crippen LogP contribution in [0.3, 0.4) is 0 Å². The van der Waals surface area contributed by atoms with E-state index in [0.717, 1.165) is 61.6 Å². The van der Waals surface area contributed by atoms with Crippen molar-refractivity contribution in [3.05, 3.63) is 35.4 Å². The first-order valence-electron chi connectivity index (χ1n) is 14.3. The summed E-state index contributed by atoms with van der Waals surface area (Å²) in [5, 5.41) is 14.3. The zero-order chi connectivity index (χ0) is 30.1. The lowest BCUT2D eigenvalue weighted by Gasteiger charge is -2.35. The summed E-state index contributed by atoms with van der Waals surface area (Å²) in [7, 11) is 0. The number of anilines is 2. The van der Waals surface area contributed by atoms with E-state index < -0.39 is 34.5 Å². The summed E-state index contributed by atoms with van der Waals surface area (Å²) >= 11 is 0.766. The molecule has 228 valence electrons. The van der Waals surface area contributed by atoms with Gasteiger partial charge in [-0.2, -0.15) is 23.1 Å². The summed E-state index contributed by atoms with van der Waals surface area (Å²) in [6.07, 6.45) is 0.553. The van der Waals surface area contributed by atoms with Gasteiger partial charge < -0.3 is 25.8 Å². The monoisotopic (exact) mass is 620 g/mol. The molecule has 7 rings (SSSR count). The van der Waals surface area contributed by atoms with Gasteiger partial charge in [-0.1, -0.05) is 30.6 Å². The van der Waals surface area contributed by atoms with Crippen molar-refractivity contribution in [2.75, 3.05) is 30.3 Å². The second-order valence-electron chi connectivity index (χ2n) is 11.8. The number of nitrogen functional groups attached to an aromatic ring is 1. The van der Waals surface area contributed by atoms with Crippen LogP contribution in [-0.4, -0.2) is 57.4 Å². The number of benzene rings is 2. The standard InChI is InChI=1S/C29H29F5N6O2S/c30-19-7-6-16(23-24(19)43-26(35)37-23)20-18(29(32,33)34)10-17-22(21(20)31)38-27(42-13-28(41)8-2-1-3-9-28)39-25(17)40-11-14-4-5-15(12-40)36-14/h6-7,10,14-15,36,41H,1-5,8-9,11-13H2,(H2,35,37). The van der Waals surface area contributed by atoms with E-state index in [2.05, 4.69) is 20.3 Å². The minimum atomic E-state index is -4.98. The summed E-state index contributed by atoms with van der Waals surface area (Å²) in [6, 6.07) is 2.90. The predicted octanol–water partition coefficient (Wildman–Crippen LogP) is 5.80. The number of nitrogens with one attached hydrogen (secondary N) is 1. The molecule has 3 fully saturated rings. The average molecular weight is 621 g/mol. The average Bonchev–Trinajstić information content (AvgIpc) is 3.53. The first-order valence-corrected chi connectivity index (χ1v) is 15.1. The Bertz CT molecular complexity index is 1710. The van der Waals surface area contributed by atoms with Gasteiger partial charge in [0.15, 0.2) is 10.9 Å². The van der Waals surface area contributed by atoms with E-state index in [1.54, 1.807) is 0 Å². The molecule has 2 unspecified atom stereocenters. The normalized spacial score (nSPS) is 22.0. The molecule has 0 spiro atoms. The number of nitrogens with two attached hydrogens (primary N) is 1. The van der Waals surface area contributed by atoms with E-state index >= 15 is 4.39 Å². The van der Waals surface area contributed by atoms with Crippen molar-refractivity contribution in [1.82, 2.24) is 20.3 Å². The van der Waals surface area contributed by atoms with E-state index in [1.807, 2.05) is 4.90 Å². The van der Waals surface area contributed by atoms with E-state index in [-0.39, 0.29) is 62.3 Å². The molecule has 8 nitrogen and oxygen atoms in total. The second-order valence-corrected chi connectivity index (χ2v) is 12.8. The number of aliphatic hydroxyl groups is 1. The fourth-order valence-corrected chi connectivity index (χ4v) is 7.46. The van der Waals surface area contributed by atoms with Crippen LogP contribution >= 0.6 is 11.3 Å². The van der Waals surface area contributed by atoms with Gasteiger partial charge in [-0.3, -0.25) is 0 Å². The highest BCUT2D eigenvalue weighted by Gasteiger charge is 2.40. The summed E-state index contributed by atoms with van der Waals surface area (Å²) < 4.78 is 81.1. The Morgan fingerprint density at radius 3 is 2.47 bits per heavy atom. The lowest BCUT2D eigenvalue weighted by molar-refractivity contribution is -0.137. The van der Waals surface area contributed by atoms with Gasteiger partial charge in [0, 0.05) is 41.7 Å². The molecule has 0 radical (unpaired) electrons. The molecule has 1 saturated carbocycles. The molecule has 1 aliphatic carbocycles. The lowest BCUT2D eigenvalue weighted by atomic mass is 9.86. The Morgan fingerprint density at radius 2 is 1.77 bits per heavy atom. The van der Waals surface area contributed by atoms with Gasteiger partial charge in [0.05, 0.1) is 21.4 Å². The first-order chi connectivity index (χ1) is 20.5. The zero-order valence-electron chi connectivity index (χ0n) is 23.0. The fourth-order valence-electron chi connectivity index (χ4n) is 6.70. The molecular weight excluding hydrogens is 591 g/mol. The topological polar surface area (TPSA) is 109 Å². The molecule has 4 heterocycles. The Kier molecular flexibility index (Phi) is 6.86. The number of hydrogen-bond acceptors (Lipinski definition) is 9. The van der Waals surface area contributed by atoms with Crippen LogP contribution in [-0.2, 0) is 6.18 Å². The third-order valence-corrected chi connectivity index (χ3v) is 9.64. The molecule has 2 aromatic carbocycles. The highest BCUT2D eigenvalue weighted by Crippen LogP contribution is 2.46. The molecule has 2 aliphatic heterocycles. The number of alkyl halides is 3. The first kappa shape index (κ1) is 28.4. The van der Waals surface area contributed by atoms with Gasteiger partial charge in [-0.05, 0) is 43.9 Å². The van der Waals surface area contributed by atoms with Crippen molar-refractivity contribution in [2.45, 2.75) is 68.8 Å². The summed E-state index contributed by atoms with van der Waals surface area (Å²) in [6.45, 7) is 0.803. The predicted molar refractivity (Wildman–Crippen MR) is 153 cm³/mol. The Morgan fingerprint density at radius 1 is 1.05 bits per heavy atom. The van der Waals surface area contributed by atoms with Gasteiger partial charge in [0.2, 0.25) is 0 Å². The Balaban J connectivity index is 1.44. The molecule has 2 saturated heterocycles. The molecule has 4 N–H and O–H groups in total. The number of hydrogen-bond donors (Lipinski definition) is 3. The number of fused-ring (bicyclic) bond motifs is 4. The third-order valence-electron chi connectivity index (χ3n) is 8.75. The van der Waals surface area contributed by atoms with Crippen LogP contribution < -0.4 is 20.7 Å². The lowest BCUT2D eigenvalue weighted by Crippen LogP contribution is -2.51. The molecule has 43 heavy (non-hydrogen) atoms. The zero-order valence-corrected chi connectivity index (χ0v) is 23.8. The SMILES string of the molecule is Nc1nc2c(-c3c(C(F)(F)F)cc4c(N5CC6CCC(C5)N6)nc(OCC5(O)CCCCC5)nc4c3F)ccc(F)c2s1. The van der Waals surface area contributed by atoms with Crippen molar-refractivity contribution in [1.29, 1.82) is 0 Å². The highest BCUT2D eigenvalue weighted by atomic mass is 32.1. The number of rotatable bonds is 5. The minimum absolute atomic E-state index is 0.0645. The van der Waals surface area contributed by atoms with E-state index in [9.17, 15) is 22.7 Å². The van der Waals surface area contributed by atoms with Crippen molar-refractivity contribution >= 4 is 43.4 Å². The maximum Gasteiger partial charge on any atom is 0.417 e. The van der Waals surface area contributed by atoms with E-state index in [4.69, 9.17) is 10.5 Å². The van der Waals surface area contributed by atoms with Crippen LogP contribution in [0, 0.1) is 11.6 Å². The summed E-state index contributed by atoms with van der Waals surface area (Å²) in [5.74, 6) is -1.85. The largest absolute Gasteiger partial charge is 0.460 e. The number of thiazole rings is 1. The van der Waals surface area contributed by atoms with Crippen molar-refractivity contribution in [3.8, 4) is 17.1 Å². The molecule has 2 bridgehead atoms. The van der Waals surface area contributed by atoms with Crippen molar-refractivity contribution < 1.29 is 31.8 Å². The molecular formula is C29H29F5N6O2S. The summed E-state index contributed by atoms with van der Waals surface area (Å²) in [4.78, 5) is 14.7. The van der Waals surface area contributed by atoms with Gasteiger partial charge >= 0.3 is 12.2 Å². The number of nitrogens with zero attached hydrogens (tertiary/aromatic N) is 4. The molecule has 3 aliphatic rings. The number of aromatic nitrogens is 3. The van der Waals surface area contributed by atoms with Gasteiger partial charge in [-0.15, -0.1) is 0 Å². The van der Waals surface area contributed by atoms with Crippen LogP contribution in [0.25, 0.3) is 32.2 Å². The third kappa shape index (κ3) is 5.12. The van der Waals surface area contributed by atoms with Gasteiger partial charge in [-0.25, -0.2) is 13.8 Å². The van der Waals surface area contributed by atoms with Crippen LogP contribution in [0.1, 0.15) is 50.5 Å². The minimum Gasteiger partial charge on any atom is -0.460 e. The molecule has 14 heteroatoms. The summed E-state index contributed by atoms with van der Waals surface area (Å²) in [5.41, 5.74) is 1.81. The maximum absolute atomic E-state index is 16.7. The molecule has 4 aromatic rings. The molecule has 2 aromatic heterocycles. The van der Waals surface area contributed by atoms with Gasteiger partial charge in [0.25, 0.3) is 0 Å². The number of piperazine rings is 1. The molecule has 0 amide bonds. The van der Waals surface area contributed by atoms with Gasteiger partial charge in [0.1, 0.15) is 23.8 Å². The number of ether oxygens (including phenoxy) is 1. The Labute approximate surface area is 247 Å². The van der Waals surface area contributed by atoms with E-state index in [0.29, 0.717) is 25.9 Å². The highest BCUT2D eigenvalue weighted by molar-refractivity contribution is 7.22. The fraction of sp³-hybridized carbons (Fsp3) is 0.483. The number of halogens is 5. The van der Waals surface area contributed by atoms with Crippen molar-refractivity contribution in [3.63, 3.8) is 0 Å². The Hall–Kier alpha value is -3.36. The van der Waals surface area contributed by atoms with Crippen molar-refractivity contribution in [2.24, 2.45) is 0 Å². The maximum atomic E-state index is 16.7. The molecule has 2 atom stereocenters. The van der Waals surface area contributed by atoms with E-state index in [1.165, 1.54) is 0 Å². The second kappa shape index (κ2) is 10.4. The van der Waals surface area contributed by atoms with Crippen LogP contribution in [0.5, 0.6) is 6.01 Å². The van der Waals surface area contributed by atoms with Crippen LogP contribution in [0.2, 0.25) is 0 Å². The van der Waals surface area contributed by atoms with Crippen LogP contribution in [0.15, 0.2) is 18.2 Å². The van der Waals surface area contributed by atoms with Crippen LogP contribution in [0.4, 0.5) is 32.9 Å². The quantitative estimate of drug-likeness (QED) is 0.240. The smallest absolute Gasteiger partial charge is 0.417 e.